The molecule has 0 fully saturated rings. The van der Waals surface area contributed by atoms with Gasteiger partial charge in [-0.3, -0.25) is 4.79 Å². The average molecular weight is 402 g/mol. The number of carbonyl (C=O) groups is 1. The average Bonchev–Trinajstić information content (AvgIpc) is 2.99. The summed E-state index contributed by atoms with van der Waals surface area (Å²) in [6.45, 7) is 4.78. The number of fused-ring (bicyclic) bond motifs is 1. The molecular weight excluding hydrogens is 382 g/mol. The van der Waals surface area contributed by atoms with Gasteiger partial charge in [0, 0.05) is 24.3 Å². The number of nitrogens with zero attached hydrogens (tertiary/aromatic N) is 5. The van der Waals surface area contributed by atoms with Crippen LogP contribution in [0, 0.1) is 0 Å². The van der Waals surface area contributed by atoms with E-state index in [4.69, 9.17) is 0 Å². The minimum Gasteiger partial charge on any atom is -0.332 e. The quantitative estimate of drug-likeness (QED) is 0.652. The van der Waals surface area contributed by atoms with Crippen LogP contribution in [0.2, 0.25) is 0 Å². The first-order chi connectivity index (χ1) is 12.0. The Bertz CT molecular complexity index is 907. The van der Waals surface area contributed by atoms with Crippen molar-refractivity contribution in [2.75, 3.05) is 6.54 Å². The number of aryl methyl sites for hydroxylation is 1. The number of hydrogen-bond acceptors (Lipinski definition) is 4. The predicted octanol–water partition coefficient (Wildman–Crippen LogP) is 3.74. The number of benzene rings is 1. The Balaban J connectivity index is 1.95. The second-order valence-corrected chi connectivity index (χ2v) is 6.83. The molecule has 7 heteroatoms. The molecule has 0 aliphatic carbocycles. The lowest BCUT2D eigenvalue weighted by atomic mass is 10.1. The van der Waals surface area contributed by atoms with Gasteiger partial charge in [-0.1, -0.05) is 46.3 Å². The molecule has 0 aliphatic heterocycles. The molecular formula is C18H20BrN5O. The van der Waals surface area contributed by atoms with E-state index in [-0.39, 0.29) is 11.9 Å². The van der Waals surface area contributed by atoms with Gasteiger partial charge in [-0.2, -0.15) is 0 Å². The van der Waals surface area contributed by atoms with E-state index in [0.29, 0.717) is 23.3 Å². The summed E-state index contributed by atoms with van der Waals surface area (Å²) in [6, 6.07) is 9.69. The molecule has 130 valence electrons. The SMILES string of the molecule is CCCN(C(=O)c1cnc2c(c1)nnn2C)C(C)c1ccccc1Br. The van der Waals surface area contributed by atoms with Gasteiger partial charge in [0.15, 0.2) is 5.65 Å². The summed E-state index contributed by atoms with van der Waals surface area (Å²) in [4.78, 5) is 19.3. The third-order valence-corrected chi connectivity index (χ3v) is 4.96. The molecule has 1 aromatic carbocycles. The van der Waals surface area contributed by atoms with Gasteiger partial charge < -0.3 is 4.90 Å². The first-order valence-corrected chi connectivity index (χ1v) is 9.03. The molecule has 2 aromatic heterocycles. The Kier molecular flexibility index (Phi) is 5.13. The van der Waals surface area contributed by atoms with Crippen molar-refractivity contribution in [3.8, 4) is 0 Å². The number of rotatable bonds is 5. The maximum atomic E-state index is 13.1. The summed E-state index contributed by atoms with van der Waals surface area (Å²) >= 11 is 3.59. The smallest absolute Gasteiger partial charge is 0.256 e. The van der Waals surface area contributed by atoms with Crippen LogP contribution in [-0.2, 0) is 7.05 Å². The van der Waals surface area contributed by atoms with Crippen molar-refractivity contribution >= 4 is 33.0 Å². The largest absolute Gasteiger partial charge is 0.332 e. The highest BCUT2D eigenvalue weighted by Crippen LogP contribution is 2.29. The Morgan fingerprint density at radius 1 is 1.36 bits per heavy atom. The van der Waals surface area contributed by atoms with Gasteiger partial charge >= 0.3 is 0 Å². The van der Waals surface area contributed by atoms with Crippen molar-refractivity contribution in [2.24, 2.45) is 7.05 Å². The fourth-order valence-electron chi connectivity index (χ4n) is 2.90. The molecule has 0 saturated heterocycles. The summed E-state index contributed by atoms with van der Waals surface area (Å²) in [5.74, 6) is -0.0508. The Hall–Kier alpha value is -2.28. The highest BCUT2D eigenvalue weighted by Gasteiger charge is 2.24. The number of amides is 1. The zero-order chi connectivity index (χ0) is 18.0. The monoisotopic (exact) mass is 401 g/mol. The van der Waals surface area contributed by atoms with E-state index in [9.17, 15) is 4.79 Å². The van der Waals surface area contributed by atoms with Crippen LogP contribution in [0.5, 0.6) is 0 Å². The zero-order valence-electron chi connectivity index (χ0n) is 14.5. The minimum absolute atomic E-state index is 0.0508. The molecule has 0 bridgehead atoms. The van der Waals surface area contributed by atoms with Crippen LogP contribution in [0.3, 0.4) is 0 Å². The van der Waals surface area contributed by atoms with Gasteiger partial charge in [-0.15, -0.1) is 5.10 Å². The molecule has 1 unspecified atom stereocenters. The van der Waals surface area contributed by atoms with Gasteiger partial charge in [-0.05, 0) is 31.0 Å². The summed E-state index contributed by atoms with van der Waals surface area (Å²) in [6.07, 6.45) is 2.48. The van der Waals surface area contributed by atoms with E-state index in [1.54, 1.807) is 24.0 Å². The molecule has 3 rings (SSSR count). The van der Waals surface area contributed by atoms with E-state index in [2.05, 4.69) is 38.1 Å². The fourth-order valence-corrected chi connectivity index (χ4v) is 3.52. The van der Waals surface area contributed by atoms with Gasteiger partial charge in [0.2, 0.25) is 0 Å². The van der Waals surface area contributed by atoms with E-state index >= 15 is 0 Å². The lowest BCUT2D eigenvalue weighted by Crippen LogP contribution is -2.34. The Morgan fingerprint density at radius 3 is 2.84 bits per heavy atom. The third-order valence-electron chi connectivity index (χ3n) is 4.24. The lowest BCUT2D eigenvalue weighted by molar-refractivity contribution is 0.0690. The summed E-state index contributed by atoms with van der Waals surface area (Å²) in [5.41, 5.74) is 2.90. The van der Waals surface area contributed by atoms with Gasteiger partial charge in [0.05, 0.1) is 11.6 Å². The van der Waals surface area contributed by atoms with Crippen LogP contribution in [0.1, 0.15) is 42.2 Å². The van der Waals surface area contributed by atoms with Crippen molar-refractivity contribution in [1.82, 2.24) is 24.9 Å². The molecule has 1 atom stereocenters. The fraction of sp³-hybridized carbons (Fsp3) is 0.333. The van der Waals surface area contributed by atoms with Crippen LogP contribution < -0.4 is 0 Å². The molecule has 3 aromatic rings. The van der Waals surface area contributed by atoms with E-state index < -0.39 is 0 Å². The first kappa shape index (κ1) is 17.5. The number of carbonyl (C=O) groups excluding carboxylic acids is 1. The van der Waals surface area contributed by atoms with Crippen molar-refractivity contribution in [1.29, 1.82) is 0 Å². The molecule has 25 heavy (non-hydrogen) atoms. The maximum absolute atomic E-state index is 13.1. The maximum Gasteiger partial charge on any atom is 0.256 e. The summed E-state index contributed by atoms with van der Waals surface area (Å²) in [7, 11) is 1.78. The van der Waals surface area contributed by atoms with E-state index in [1.807, 2.05) is 36.1 Å². The predicted molar refractivity (Wildman–Crippen MR) is 100 cm³/mol. The highest BCUT2D eigenvalue weighted by molar-refractivity contribution is 9.10. The molecule has 0 spiro atoms. The number of hydrogen-bond donors (Lipinski definition) is 0. The molecule has 6 nitrogen and oxygen atoms in total. The number of aromatic nitrogens is 4. The Morgan fingerprint density at radius 2 is 2.12 bits per heavy atom. The number of pyridine rings is 1. The highest BCUT2D eigenvalue weighted by atomic mass is 79.9. The summed E-state index contributed by atoms with van der Waals surface area (Å²) in [5, 5.41) is 8.00. The molecule has 0 aliphatic rings. The topological polar surface area (TPSA) is 63.9 Å². The molecule has 0 saturated carbocycles. The first-order valence-electron chi connectivity index (χ1n) is 8.23. The lowest BCUT2D eigenvalue weighted by Gasteiger charge is -2.30. The molecule has 1 amide bonds. The standard InChI is InChI=1S/C18H20BrN5O/c1-4-9-24(12(2)14-7-5-6-8-15(14)19)18(25)13-10-16-17(20-11-13)23(3)22-21-16/h5-8,10-12H,4,9H2,1-3H3. The van der Waals surface area contributed by atoms with Gasteiger partial charge in [-0.25, -0.2) is 9.67 Å². The van der Waals surface area contributed by atoms with Crippen molar-refractivity contribution in [2.45, 2.75) is 26.3 Å². The van der Waals surface area contributed by atoms with E-state index in [1.165, 1.54) is 0 Å². The molecule has 0 radical (unpaired) electrons. The minimum atomic E-state index is -0.0550. The second-order valence-electron chi connectivity index (χ2n) is 5.98. The summed E-state index contributed by atoms with van der Waals surface area (Å²) < 4.78 is 2.59. The van der Waals surface area contributed by atoms with Crippen molar-refractivity contribution in [3.05, 3.63) is 52.1 Å². The van der Waals surface area contributed by atoms with Crippen LogP contribution in [0.15, 0.2) is 41.0 Å². The molecule has 2 heterocycles. The van der Waals surface area contributed by atoms with Crippen molar-refractivity contribution in [3.63, 3.8) is 0 Å². The van der Waals surface area contributed by atoms with Gasteiger partial charge in [0.25, 0.3) is 5.91 Å². The molecule has 0 N–H and O–H groups in total. The number of halogens is 1. The Labute approximate surface area is 155 Å². The van der Waals surface area contributed by atoms with E-state index in [0.717, 1.165) is 16.5 Å². The zero-order valence-corrected chi connectivity index (χ0v) is 16.1. The van der Waals surface area contributed by atoms with Crippen LogP contribution in [-0.4, -0.2) is 37.3 Å². The van der Waals surface area contributed by atoms with Crippen molar-refractivity contribution < 1.29 is 4.79 Å². The third kappa shape index (κ3) is 3.42. The normalized spacial score (nSPS) is 12.3. The second kappa shape index (κ2) is 7.31. The van der Waals surface area contributed by atoms with Gasteiger partial charge in [0.1, 0.15) is 5.52 Å². The van der Waals surface area contributed by atoms with Crippen LogP contribution in [0.25, 0.3) is 11.2 Å². The van der Waals surface area contributed by atoms with Crippen LogP contribution >= 0.6 is 15.9 Å². The van der Waals surface area contributed by atoms with Crippen LogP contribution in [0.4, 0.5) is 0 Å².